The summed E-state index contributed by atoms with van der Waals surface area (Å²) in [5, 5.41) is 15.5. The number of nitrogens with zero attached hydrogens (tertiary/aromatic N) is 1. The van der Waals surface area contributed by atoms with E-state index in [0.717, 1.165) is 35.4 Å². The van der Waals surface area contributed by atoms with E-state index in [1.807, 2.05) is 63.2 Å². The van der Waals surface area contributed by atoms with Crippen molar-refractivity contribution in [2.45, 2.75) is 75.3 Å². The lowest BCUT2D eigenvalue weighted by molar-refractivity contribution is -0.139. The number of hydrogen-bond acceptors (Lipinski definition) is 6. The molecule has 2 bridgehead atoms. The quantitative estimate of drug-likeness (QED) is 0.326. The molecule has 2 aromatic rings. The number of benzene rings is 2. The zero-order valence-corrected chi connectivity index (χ0v) is 25.2. The number of thioether (sulfide) groups is 1. The van der Waals surface area contributed by atoms with E-state index in [1.165, 1.54) is 0 Å². The van der Waals surface area contributed by atoms with Crippen molar-refractivity contribution in [3.05, 3.63) is 53.6 Å². The summed E-state index contributed by atoms with van der Waals surface area (Å²) in [6.45, 7) is 9.02. The van der Waals surface area contributed by atoms with Crippen LogP contribution in [0.5, 0.6) is 5.75 Å². The molecule has 0 saturated carbocycles. The van der Waals surface area contributed by atoms with Crippen LogP contribution in [0.1, 0.15) is 57.1 Å². The number of likely N-dealkylation sites (tertiary alicyclic amines) is 1. The van der Waals surface area contributed by atoms with Crippen molar-refractivity contribution in [2.75, 3.05) is 30.4 Å². The highest BCUT2D eigenvalue weighted by Gasteiger charge is 2.77. The van der Waals surface area contributed by atoms with E-state index in [0.29, 0.717) is 38.1 Å². The van der Waals surface area contributed by atoms with Gasteiger partial charge in [-0.25, -0.2) is 0 Å². The van der Waals surface area contributed by atoms with Crippen LogP contribution in [0.25, 0.3) is 0 Å². The fraction of sp³-hybridized carbons (Fsp3) is 0.531. The Morgan fingerprint density at radius 2 is 1.80 bits per heavy atom. The second kappa shape index (κ2) is 11.7. The largest absolute Gasteiger partial charge is 0.494 e. The third-order valence-corrected chi connectivity index (χ3v) is 10.9. The van der Waals surface area contributed by atoms with E-state index in [2.05, 4.69) is 17.6 Å². The van der Waals surface area contributed by atoms with Crippen LogP contribution in [0.3, 0.4) is 0 Å². The predicted octanol–water partition coefficient (Wildman–Crippen LogP) is 4.92. The number of aryl methyl sites for hydroxylation is 2. The number of aliphatic hydroxyl groups is 1. The number of nitrogens with one attached hydrogen (secondary N) is 2. The highest BCUT2D eigenvalue weighted by Crippen LogP contribution is 2.71. The molecule has 0 aliphatic carbocycles. The van der Waals surface area contributed by atoms with Crippen LogP contribution in [-0.2, 0) is 14.4 Å². The molecule has 5 atom stereocenters. The maximum absolute atomic E-state index is 14.2. The number of ether oxygens (including phenoxy) is 1. The molecule has 220 valence electrons. The molecule has 3 N–H and O–H groups in total. The van der Waals surface area contributed by atoms with Gasteiger partial charge in [0.1, 0.15) is 11.8 Å². The number of fused-ring (bicyclic) bond motifs is 1. The number of rotatable bonds is 11. The van der Waals surface area contributed by atoms with Gasteiger partial charge in [-0.15, -0.1) is 11.8 Å². The number of carbonyl (C=O) groups is 3. The lowest BCUT2D eigenvalue weighted by atomic mass is 9.66. The van der Waals surface area contributed by atoms with Crippen LogP contribution >= 0.6 is 11.8 Å². The molecule has 1 spiro atoms. The number of carbonyl (C=O) groups excluding carboxylic acids is 3. The van der Waals surface area contributed by atoms with Gasteiger partial charge in [0.2, 0.25) is 17.7 Å². The van der Waals surface area contributed by atoms with E-state index < -0.39 is 27.4 Å². The van der Waals surface area contributed by atoms with E-state index in [-0.39, 0.29) is 24.3 Å². The summed E-state index contributed by atoms with van der Waals surface area (Å²) >= 11 is 1.67. The molecule has 3 aliphatic rings. The lowest BCUT2D eigenvalue weighted by Crippen LogP contribution is -2.52. The first-order chi connectivity index (χ1) is 19.6. The van der Waals surface area contributed by atoms with Crippen LogP contribution in [0.2, 0.25) is 0 Å². The van der Waals surface area contributed by atoms with Gasteiger partial charge in [0.05, 0.1) is 23.2 Å². The van der Waals surface area contributed by atoms with Crippen molar-refractivity contribution in [2.24, 2.45) is 11.8 Å². The van der Waals surface area contributed by atoms with Crippen LogP contribution < -0.4 is 15.4 Å². The lowest BCUT2D eigenvalue weighted by Gasteiger charge is -2.35. The zero-order valence-electron chi connectivity index (χ0n) is 24.4. The minimum atomic E-state index is -0.677. The summed E-state index contributed by atoms with van der Waals surface area (Å²) in [7, 11) is 0. The van der Waals surface area contributed by atoms with E-state index in [4.69, 9.17) is 4.74 Å². The molecular weight excluding hydrogens is 538 g/mol. The third-order valence-electron chi connectivity index (χ3n) is 8.95. The predicted molar refractivity (Wildman–Crippen MR) is 162 cm³/mol. The molecule has 0 aromatic heterocycles. The number of unbranched alkanes of at least 4 members (excludes halogenated alkanes) is 2. The molecule has 3 heterocycles. The average Bonchev–Trinajstić information content (AvgIpc) is 3.50. The zero-order chi connectivity index (χ0) is 29.4. The first kappa shape index (κ1) is 29.5. The Balaban J connectivity index is 1.45. The van der Waals surface area contributed by atoms with Gasteiger partial charge in [0, 0.05) is 29.3 Å². The summed E-state index contributed by atoms with van der Waals surface area (Å²) < 4.78 is 4.40. The summed E-state index contributed by atoms with van der Waals surface area (Å²) in [6, 6.07) is 12.5. The van der Waals surface area contributed by atoms with Crippen molar-refractivity contribution in [3.8, 4) is 5.75 Å². The normalized spacial score (nSPS) is 28.1. The molecule has 3 saturated heterocycles. The van der Waals surface area contributed by atoms with Gasteiger partial charge in [0.25, 0.3) is 0 Å². The van der Waals surface area contributed by atoms with Crippen molar-refractivity contribution in [1.29, 1.82) is 0 Å². The van der Waals surface area contributed by atoms with Gasteiger partial charge in [-0.2, -0.15) is 0 Å². The molecule has 3 fully saturated rings. The van der Waals surface area contributed by atoms with Gasteiger partial charge in [0.15, 0.2) is 0 Å². The fourth-order valence-corrected chi connectivity index (χ4v) is 9.39. The molecule has 2 unspecified atom stereocenters. The second-order valence-corrected chi connectivity index (χ2v) is 13.7. The molecule has 5 rings (SSSR count). The maximum atomic E-state index is 14.2. The first-order valence-corrected chi connectivity index (χ1v) is 15.5. The van der Waals surface area contributed by atoms with Crippen LogP contribution in [0, 0.1) is 25.7 Å². The van der Waals surface area contributed by atoms with Crippen LogP contribution in [0.15, 0.2) is 42.5 Å². The molecular formula is C32H41N3O5S. The number of anilines is 2. The van der Waals surface area contributed by atoms with Crippen molar-refractivity contribution in [3.63, 3.8) is 0 Å². The molecule has 3 aliphatic heterocycles. The van der Waals surface area contributed by atoms with E-state index in [9.17, 15) is 19.5 Å². The van der Waals surface area contributed by atoms with Crippen molar-refractivity contribution >= 4 is 40.9 Å². The Morgan fingerprint density at radius 3 is 2.51 bits per heavy atom. The number of amides is 3. The maximum Gasteiger partial charge on any atom is 0.248 e. The smallest absolute Gasteiger partial charge is 0.248 e. The molecule has 41 heavy (non-hydrogen) atoms. The number of aliphatic hydroxyl groups excluding tert-OH is 1. The molecule has 2 aromatic carbocycles. The summed E-state index contributed by atoms with van der Waals surface area (Å²) in [5.41, 5.74) is 3.40. The van der Waals surface area contributed by atoms with E-state index >= 15 is 0 Å². The van der Waals surface area contributed by atoms with Crippen molar-refractivity contribution < 1.29 is 24.2 Å². The minimum absolute atomic E-state index is 0.0963. The molecule has 0 radical (unpaired) electrons. The van der Waals surface area contributed by atoms with Gasteiger partial charge in [-0.3, -0.25) is 14.4 Å². The van der Waals surface area contributed by atoms with Crippen molar-refractivity contribution in [1.82, 2.24) is 4.90 Å². The Bertz CT molecular complexity index is 1320. The van der Waals surface area contributed by atoms with Crippen LogP contribution in [0.4, 0.5) is 11.4 Å². The second-order valence-electron chi connectivity index (χ2n) is 11.8. The van der Waals surface area contributed by atoms with Gasteiger partial charge < -0.3 is 25.4 Å². The molecule has 9 heteroatoms. The monoisotopic (exact) mass is 579 g/mol. The minimum Gasteiger partial charge on any atom is -0.494 e. The Hall–Kier alpha value is -3.04. The Labute approximate surface area is 246 Å². The molecule has 3 amide bonds. The van der Waals surface area contributed by atoms with E-state index in [1.54, 1.807) is 16.7 Å². The summed E-state index contributed by atoms with van der Waals surface area (Å²) in [6.07, 6.45) is 3.56. The van der Waals surface area contributed by atoms with Crippen LogP contribution in [-0.4, -0.2) is 63.0 Å². The fourth-order valence-electron chi connectivity index (χ4n) is 7.03. The Kier molecular flexibility index (Phi) is 8.39. The highest BCUT2D eigenvalue weighted by atomic mass is 32.2. The SMILES string of the molecule is CCOc1ccc(NC(=O)[C@@H]2[C@H]3C(=O)N(CCCCCO)C(C(=O)Nc4cc(C)ccc4C)C34CC[C@@]2(C)S4)cc1. The molecule has 8 nitrogen and oxygen atoms in total. The average molecular weight is 580 g/mol. The summed E-state index contributed by atoms with van der Waals surface area (Å²) in [5.74, 6) is -0.897. The van der Waals surface area contributed by atoms with Gasteiger partial charge >= 0.3 is 0 Å². The Morgan fingerprint density at radius 1 is 1.05 bits per heavy atom. The highest BCUT2D eigenvalue weighted by molar-refractivity contribution is 8.02. The topological polar surface area (TPSA) is 108 Å². The van der Waals surface area contributed by atoms with Gasteiger partial charge in [-0.1, -0.05) is 12.1 Å². The standard InChI is InChI=1S/C32H41N3O5S/c1-5-40-23-13-11-22(12-14-23)33-28(37)25-26-30(39)35(17-7-6-8-18-36)27(32(26)16-15-31(25,4)41-32)29(38)34-24-19-20(2)9-10-21(24)3/h9-14,19,25-27,36H,5-8,15-18H2,1-4H3,(H,33,37)(H,34,38)/t25-,26-,27?,31+,32?/m0/s1. The number of hydrogen-bond donors (Lipinski definition) is 3. The third kappa shape index (κ3) is 5.34. The summed E-state index contributed by atoms with van der Waals surface area (Å²) in [4.78, 5) is 44.0. The van der Waals surface area contributed by atoms with Gasteiger partial charge in [-0.05, 0) is 101 Å². The first-order valence-electron chi connectivity index (χ1n) is 14.7.